The van der Waals surface area contributed by atoms with Gasteiger partial charge in [0.1, 0.15) is 5.76 Å². The van der Waals surface area contributed by atoms with Crippen molar-refractivity contribution in [2.75, 3.05) is 46.0 Å². The number of benzene rings is 2. The lowest BCUT2D eigenvalue weighted by atomic mass is 9.95. The smallest absolute Gasteiger partial charge is 0.295 e. The molecule has 2 aliphatic rings. The van der Waals surface area contributed by atoms with Gasteiger partial charge >= 0.3 is 0 Å². The van der Waals surface area contributed by atoms with Gasteiger partial charge in [0.25, 0.3) is 11.7 Å². The van der Waals surface area contributed by atoms with Crippen LogP contribution in [-0.2, 0) is 14.3 Å². The van der Waals surface area contributed by atoms with Gasteiger partial charge < -0.3 is 24.6 Å². The summed E-state index contributed by atoms with van der Waals surface area (Å²) < 4.78 is 10.9. The molecule has 1 amide bonds. The number of amides is 1. The molecule has 0 aliphatic carbocycles. The number of nitrogens with zero attached hydrogens (tertiary/aromatic N) is 2. The maximum absolute atomic E-state index is 13.2. The van der Waals surface area contributed by atoms with Crippen LogP contribution in [0.4, 0.5) is 0 Å². The molecular formula is C26H29ClN2O6. The number of phenols is 1. The van der Waals surface area contributed by atoms with Gasteiger partial charge in [-0.25, -0.2) is 0 Å². The lowest BCUT2D eigenvalue weighted by Crippen LogP contribution is -2.38. The van der Waals surface area contributed by atoms with Crippen LogP contribution in [-0.4, -0.2) is 77.7 Å². The van der Waals surface area contributed by atoms with E-state index >= 15 is 0 Å². The molecule has 2 saturated heterocycles. The van der Waals surface area contributed by atoms with Crippen LogP contribution in [0, 0.1) is 0 Å². The summed E-state index contributed by atoms with van der Waals surface area (Å²) in [5.41, 5.74) is 0.943. The summed E-state index contributed by atoms with van der Waals surface area (Å²) in [7, 11) is 0. The number of carbonyl (C=O) groups is 2. The van der Waals surface area contributed by atoms with E-state index in [4.69, 9.17) is 21.1 Å². The zero-order valence-electron chi connectivity index (χ0n) is 19.6. The minimum absolute atomic E-state index is 0.00293. The Morgan fingerprint density at radius 2 is 1.83 bits per heavy atom. The second-order valence-corrected chi connectivity index (χ2v) is 8.90. The summed E-state index contributed by atoms with van der Waals surface area (Å²) in [5.74, 6) is -1.49. The van der Waals surface area contributed by atoms with Crippen molar-refractivity contribution in [2.24, 2.45) is 0 Å². The molecular weight excluding hydrogens is 472 g/mol. The highest BCUT2D eigenvalue weighted by Crippen LogP contribution is 2.42. The van der Waals surface area contributed by atoms with Crippen molar-refractivity contribution in [1.82, 2.24) is 9.80 Å². The minimum Gasteiger partial charge on any atom is -0.507 e. The molecule has 2 fully saturated rings. The minimum atomic E-state index is -0.824. The lowest BCUT2D eigenvalue weighted by Gasteiger charge is -2.29. The molecule has 1 atom stereocenters. The molecule has 4 rings (SSSR count). The average molecular weight is 501 g/mol. The SMILES string of the molecule is CCOc1cc([C@H]2C(=C(O)c3ccc(Cl)cc3)C(=O)C(=O)N2CCCN2CCOCC2)ccc1O. The third-order valence-corrected chi connectivity index (χ3v) is 6.49. The number of Topliss-reactive ketones (excluding diaryl/α,β-unsaturated/α-hetero) is 1. The number of carbonyl (C=O) groups excluding carboxylic acids is 2. The van der Waals surface area contributed by atoms with E-state index in [0.29, 0.717) is 48.9 Å². The van der Waals surface area contributed by atoms with Gasteiger partial charge in [-0.1, -0.05) is 17.7 Å². The summed E-state index contributed by atoms with van der Waals surface area (Å²) in [6.07, 6.45) is 0.654. The van der Waals surface area contributed by atoms with Crippen LogP contribution in [0.5, 0.6) is 11.5 Å². The number of likely N-dealkylation sites (tertiary alicyclic amines) is 1. The number of aromatic hydroxyl groups is 1. The van der Waals surface area contributed by atoms with Crippen molar-refractivity contribution < 1.29 is 29.3 Å². The molecule has 0 saturated carbocycles. The molecule has 0 unspecified atom stereocenters. The van der Waals surface area contributed by atoms with Crippen molar-refractivity contribution in [3.63, 3.8) is 0 Å². The number of phenolic OH excluding ortho intramolecular Hbond substituents is 1. The van der Waals surface area contributed by atoms with E-state index in [1.54, 1.807) is 43.3 Å². The van der Waals surface area contributed by atoms with E-state index in [1.165, 1.54) is 11.0 Å². The first-order valence-electron chi connectivity index (χ1n) is 11.7. The fraction of sp³-hybridized carbons (Fsp3) is 0.385. The number of hydrogen-bond donors (Lipinski definition) is 2. The number of ketones is 1. The molecule has 8 nitrogen and oxygen atoms in total. The van der Waals surface area contributed by atoms with Gasteiger partial charge in [0.2, 0.25) is 0 Å². The van der Waals surface area contributed by atoms with E-state index in [9.17, 15) is 19.8 Å². The lowest BCUT2D eigenvalue weighted by molar-refractivity contribution is -0.140. The molecule has 2 aliphatic heterocycles. The highest BCUT2D eigenvalue weighted by molar-refractivity contribution is 6.46. The van der Waals surface area contributed by atoms with Crippen molar-refractivity contribution in [3.8, 4) is 11.5 Å². The Balaban J connectivity index is 1.71. The average Bonchev–Trinajstić information content (AvgIpc) is 3.11. The van der Waals surface area contributed by atoms with Crippen LogP contribution >= 0.6 is 11.6 Å². The highest BCUT2D eigenvalue weighted by atomic mass is 35.5. The summed E-state index contributed by atoms with van der Waals surface area (Å²) in [6.45, 7) is 6.23. The largest absolute Gasteiger partial charge is 0.507 e. The second-order valence-electron chi connectivity index (χ2n) is 8.47. The van der Waals surface area contributed by atoms with Crippen molar-refractivity contribution in [1.29, 1.82) is 0 Å². The Bertz CT molecular complexity index is 1110. The van der Waals surface area contributed by atoms with Gasteiger partial charge in [0.15, 0.2) is 11.5 Å². The Hall–Kier alpha value is -3.07. The Morgan fingerprint density at radius 1 is 1.11 bits per heavy atom. The molecule has 2 aromatic rings. The van der Waals surface area contributed by atoms with Crippen LogP contribution < -0.4 is 4.74 Å². The van der Waals surface area contributed by atoms with Crippen molar-refractivity contribution >= 4 is 29.1 Å². The van der Waals surface area contributed by atoms with Gasteiger partial charge in [0, 0.05) is 36.8 Å². The van der Waals surface area contributed by atoms with Gasteiger partial charge in [-0.3, -0.25) is 14.5 Å². The van der Waals surface area contributed by atoms with Crippen LogP contribution in [0.15, 0.2) is 48.0 Å². The van der Waals surface area contributed by atoms with Gasteiger partial charge in [0.05, 0.1) is 31.4 Å². The van der Waals surface area contributed by atoms with Crippen molar-refractivity contribution in [3.05, 3.63) is 64.2 Å². The molecule has 0 aromatic heterocycles. The Labute approximate surface area is 209 Å². The van der Waals surface area contributed by atoms with Crippen LogP contribution in [0.1, 0.15) is 30.5 Å². The number of aliphatic hydroxyl groups excluding tert-OH is 1. The molecule has 2 aromatic carbocycles. The molecule has 0 radical (unpaired) electrons. The number of ether oxygens (including phenoxy) is 2. The summed E-state index contributed by atoms with van der Waals surface area (Å²) in [4.78, 5) is 30.1. The predicted octanol–water partition coefficient (Wildman–Crippen LogP) is 3.59. The first kappa shape index (κ1) is 25.0. The molecule has 35 heavy (non-hydrogen) atoms. The van der Waals surface area contributed by atoms with Gasteiger partial charge in [-0.2, -0.15) is 0 Å². The molecule has 2 heterocycles. The van der Waals surface area contributed by atoms with E-state index in [2.05, 4.69) is 4.90 Å². The second kappa shape index (κ2) is 11.1. The number of morpholine rings is 1. The van der Waals surface area contributed by atoms with Crippen molar-refractivity contribution in [2.45, 2.75) is 19.4 Å². The summed E-state index contributed by atoms with van der Waals surface area (Å²) in [5, 5.41) is 21.8. The third kappa shape index (κ3) is 5.45. The van der Waals surface area contributed by atoms with E-state index in [-0.39, 0.29) is 22.8 Å². The maximum atomic E-state index is 13.2. The summed E-state index contributed by atoms with van der Waals surface area (Å²) >= 11 is 5.98. The van der Waals surface area contributed by atoms with E-state index in [0.717, 1.165) is 19.6 Å². The zero-order valence-corrected chi connectivity index (χ0v) is 20.3. The molecule has 0 spiro atoms. The van der Waals surface area contributed by atoms with Crippen LogP contribution in [0.3, 0.4) is 0 Å². The zero-order chi connectivity index (χ0) is 24.9. The van der Waals surface area contributed by atoms with Gasteiger partial charge in [-0.15, -0.1) is 0 Å². The van der Waals surface area contributed by atoms with E-state index in [1.807, 2.05) is 0 Å². The molecule has 9 heteroatoms. The number of halogens is 1. The normalized spacial score (nSPS) is 20.4. The Kier molecular flexibility index (Phi) is 7.95. The number of rotatable bonds is 8. The first-order valence-corrected chi connectivity index (χ1v) is 12.1. The van der Waals surface area contributed by atoms with Crippen LogP contribution in [0.25, 0.3) is 5.76 Å². The highest BCUT2D eigenvalue weighted by Gasteiger charge is 2.46. The number of hydrogen-bond acceptors (Lipinski definition) is 7. The standard InChI is InChI=1S/C26H29ClN2O6/c1-2-35-21-16-18(6-9-20(21)30)23-22(24(31)17-4-7-19(27)8-5-17)25(32)26(33)29(23)11-3-10-28-12-14-34-15-13-28/h4-9,16,23,30-31H,2-3,10-15H2,1H3/t23-/m0/s1. The molecule has 186 valence electrons. The van der Waals surface area contributed by atoms with E-state index < -0.39 is 17.7 Å². The fourth-order valence-electron chi connectivity index (χ4n) is 4.48. The van der Waals surface area contributed by atoms with Crippen LogP contribution in [0.2, 0.25) is 5.02 Å². The first-order chi connectivity index (χ1) is 16.9. The quantitative estimate of drug-likeness (QED) is 0.324. The predicted molar refractivity (Wildman–Crippen MR) is 132 cm³/mol. The molecule has 0 bridgehead atoms. The Morgan fingerprint density at radius 3 is 2.51 bits per heavy atom. The topological polar surface area (TPSA) is 99.5 Å². The third-order valence-electron chi connectivity index (χ3n) is 6.23. The fourth-order valence-corrected chi connectivity index (χ4v) is 4.61. The molecule has 2 N–H and O–H groups in total. The number of aliphatic hydroxyl groups is 1. The monoisotopic (exact) mass is 500 g/mol. The maximum Gasteiger partial charge on any atom is 0.295 e. The summed E-state index contributed by atoms with van der Waals surface area (Å²) in [6, 6.07) is 10.3. The van der Waals surface area contributed by atoms with Gasteiger partial charge in [-0.05, 0) is 55.3 Å².